The molecule has 138 valence electrons. The summed E-state index contributed by atoms with van der Waals surface area (Å²) < 4.78 is 1.75. The molecule has 3 rings (SSSR count). The van der Waals surface area contributed by atoms with Crippen LogP contribution in [0.3, 0.4) is 0 Å². The van der Waals surface area contributed by atoms with Crippen molar-refractivity contribution < 1.29 is 14.7 Å². The molecule has 7 heteroatoms. The molecule has 1 fully saturated rings. The number of carboxylic acids is 1. The number of rotatable bonds is 5. The van der Waals surface area contributed by atoms with E-state index in [-0.39, 0.29) is 18.4 Å². The minimum absolute atomic E-state index is 0.00670. The van der Waals surface area contributed by atoms with Crippen molar-refractivity contribution in [2.45, 2.75) is 52.0 Å². The highest BCUT2D eigenvalue weighted by atomic mass is 16.4. The van der Waals surface area contributed by atoms with Crippen molar-refractivity contribution in [2.24, 2.45) is 0 Å². The second-order valence-electron chi connectivity index (χ2n) is 6.75. The number of piperidine rings is 1. The Labute approximate surface area is 152 Å². The Balaban J connectivity index is 1.76. The first-order valence-electron chi connectivity index (χ1n) is 8.99. The van der Waals surface area contributed by atoms with Crippen LogP contribution >= 0.6 is 0 Å². The second-order valence-corrected chi connectivity index (χ2v) is 6.75. The van der Waals surface area contributed by atoms with Crippen LogP contribution < -0.4 is 0 Å². The second kappa shape index (κ2) is 7.68. The van der Waals surface area contributed by atoms with Gasteiger partial charge in [0.05, 0.1) is 5.69 Å². The zero-order chi connectivity index (χ0) is 18.7. The summed E-state index contributed by atoms with van der Waals surface area (Å²) in [6, 6.07) is 7.34. The Kier molecular flexibility index (Phi) is 5.35. The van der Waals surface area contributed by atoms with Crippen LogP contribution in [-0.4, -0.2) is 49.2 Å². The SMILES string of the molecule is Cc1nc(C)n(-c2ccc(C(=O)N3CCCCC3CCC(=O)O)cc2)n1. The maximum absolute atomic E-state index is 12.9. The normalized spacial score (nSPS) is 17.3. The zero-order valence-corrected chi connectivity index (χ0v) is 15.2. The summed E-state index contributed by atoms with van der Waals surface area (Å²) in [7, 11) is 0. The molecule has 2 aromatic rings. The summed E-state index contributed by atoms with van der Waals surface area (Å²) in [6.45, 7) is 4.42. The van der Waals surface area contributed by atoms with Crippen LogP contribution in [0.4, 0.5) is 0 Å². The maximum Gasteiger partial charge on any atom is 0.303 e. The molecule has 0 spiro atoms. The number of aryl methyl sites for hydroxylation is 2. The highest BCUT2D eigenvalue weighted by molar-refractivity contribution is 5.94. The van der Waals surface area contributed by atoms with Gasteiger partial charge in [0.2, 0.25) is 0 Å². The highest BCUT2D eigenvalue weighted by Gasteiger charge is 2.27. The third-order valence-corrected chi connectivity index (χ3v) is 4.81. The molecule has 1 saturated heterocycles. The lowest BCUT2D eigenvalue weighted by Gasteiger charge is -2.35. The van der Waals surface area contributed by atoms with E-state index in [1.54, 1.807) is 16.8 Å². The molecule has 0 bridgehead atoms. The third-order valence-electron chi connectivity index (χ3n) is 4.81. The van der Waals surface area contributed by atoms with Crippen LogP contribution in [0.2, 0.25) is 0 Å². The number of hydrogen-bond donors (Lipinski definition) is 1. The molecule has 1 aliphatic heterocycles. The quantitative estimate of drug-likeness (QED) is 0.890. The first-order valence-corrected chi connectivity index (χ1v) is 8.99. The smallest absolute Gasteiger partial charge is 0.303 e. The molecule has 1 unspecified atom stereocenters. The largest absolute Gasteiger partial charge is 0.481 e. The monoisotopic (exact) mass is 356 g/mol. The number of carbonyl (C=O) groups is 2. The van der Waals surface area contributed by atoms with Crippen molar-refractivity contribution >= 4 is 11.9 Å². The minimum Gasteiger partial charge on any atom is -0.481 e. The van der Waals surface area contributed by atoms with E-state index in [1.165, 1.54) is 0 Å². The van der Waals surface area contributed by atoms with Gasteiger partial charge in [-0.25, -0.2) is 9.67 Å². The van der Waals surface area contributed by atoms with E-state index in [0.29, 0.717) is 24.4 Å². The lowest BCUT2D eigenvalue weighted by molar-refractivity contribution is -0.137. The molecule has 0 radical (unpaired) electrons. The van der Waals surface area contributed by atoms with E-state index in [2.05, 4.69) is 10.1 Å². The third kappa shape index (κ3) is 3.92. The fraction of sp³-hybridized carbons (Fsp3) is 0.474. The summed E-state index contributed by atoms with van der Waals surface area (Å²) in [6.07, 6.45) is 3.48. The van der Waals surface area contributed by atoms with E-state index >= 15 is 0 Å². The van der Waals surface area contributed by atoms with Gasteiger partial charge in [0, 0.05) is 24.6 Å². The van der Waals surface area contributed by atoms with Crippen molar-refractivity contribution in [1.82, 2.24) is 19.7 Å². The van der Waals surface area contributed by atoms with E-state index < -0.39 is 5.97 Å². The summed E-state index contributed by atoms with van der Waals surface area (Å²) in [5.74, 6) is 0.660. The number of amides is 1. The Bertz CT molecular complexity index is 798. The fourth-order valence-corrected chi connectivity index (χ4v) is 3.53. The Morgan fingerprint density at radius 2 is 1.92 bits per heavy atom. The number of likely N-dealkylation sites (tertiary alicyclic amines) is 1. The summed E-state index contributed by atoms with van der Waals surface area (Å²) in [5, 5.41) is 13.3. The molecule has 1 aromatic carbocycles. The van der Waals surface area contributed by atoms with Crippen LogP contribution in [0.25, 0.3) is 5.69 Å². The summed E-state index contributed by atoms with van der Waals surface area (Å²) >= 11 is 0. The fourth-order valence-electron chi connectivity index (χ4n) is 3.53. The van der Waals surface area contributed by atoms with Gasteiger partial charge in [0.25, 0.3) is 5.91 Å². The molecule has 0 aliphatic carbocycles. The Morgan fingerprint density at radius 1 is 1.19 bits per heavy atom. The number of aromatic nitrogens is 3. The first kappa shape index (κ1) is 18.1. The van der Waals surface area contributed by atoms with E-state index in [9.17, 15) is 9.59 Å². The minimum atomic E-state index is -0.814. The topological polar surface area (TPSA) is 88.3 Å². The van der Waals surface area contributed by atoms with Crippen LogP contribution in [0.1, 0.15) is 54.1 Å². The predicted octanol–water partition coefficient (Wildman–Crippen LogP) is 2.74. The molecule has 1 atom stereocenters. The first-order chi connectivity index (χ1) is 12.5. The highest BCUT2D eigenvalue weighted by Crippen LogP contribution is 2.23. The van der Waals surface area contributed by atoms with E-state index in [4.69, 9.17) is 5.11 Å². The van der Waals surface area contributed by atoms with Gasteiger partial charge in [-0.05, 0) is 63.8 Å². The molecule has 2 heterocycles. The molecule has 1 aromatic heterocycles. The number of nitrogens with zero attached hydrogens (tertiary/aromatic N) is 4. The van der Waals surface area contributed by atoms with Crippen molar-refractivity contribution in [3.8, 4) is 5.69 Å². The van der Waals surface area contributed by atoms with Gasteiger partial charge in [-0.1, -0.05) is 0 Å². The number of carbonyl (C=O) groups excluding carboxylic acids is 1. The number of carboxylic acid groups (broad SMARTS) is 1. The van der Waals surface area contributed by atoms with Crippen molar-refractivity contribution in [1.29, 1.82) is 0 Å². The van der Waals surface area contributed by atoms with Gasteiger partial charge in [-0.2, -0.15) is 5.10 Å². The van der Waals surface area contributed by atoms with Crippen molar-refractivity contribution in [3.05, 3.63) is 41.5 Å². The average Bonchev–Trinajstić information content (AvgIpc) is 2.98. The molecule has 26 heavy (non-hydrogen) atoms. The average molecular weight is 356 g/mol. The molecule has 1 N–H and O–H groups in total. The molecule has 1 amide bonds. The lowest BCUT2D eigenvalue weighted by atomic mass is 9.97. The Morgan fingerprint density at radius 3 is 2.54 bits per heavy atom. The van der Waals surface area contributed by atoms with E-state index in [1.807, 2.05) is 30.9 Å². The molecule has 7 nitrogen and oxygen atoms in total. The molecule has 1 aliphatic rings. The van der Waals surface area contributed by atoms with Crippen molar-refractivity contribution in [3.63, 3.8) is 0 Å². The molecular weight excluding hydrogens is 332 g/mol. The summed E-state index contributed by atoms with van der Waals surface area (Å²) in [5.41, 5.74) is 1.48. The standard InChI is InChI=1S/C19H24N4O3/c1-13-20-14(2)23(21-13)17-8-6-15(7-9-17)19(26)22-12-4-3-5-16(22)10-11-18(24)25/h6-9,16H,3-5,10-12H2,1-2H3,(H,24,25). The van der Waals surface area contributed by atoms with Gasteiger partial charge in [0.15, 0.2) is 0 Å². The maximum atomic E-state index is 12.9. The van der Waals surface area contributed by atoms with Gasteiger partial charge in [-0.3, -0.25) is 9.59 Å². The van der Waals surface area contributed by atoms with E-state index in [0.717, 1.165) is 30.8 Å². The number of benzene rings is 1. The van der Waals surface area contributed by atoms with Crippen LogP contribution in [0.5, 0.6) is 0 Å². The Hall–Kier alpha value is -2.70. The van der Waals surface area contributed by atoms with Gasteiger partial charge < -0.3 is 10.0 Å². The number of aliphatic carboxylic acids is 1. The van der Waals surface area contributed by atoms with Gasteiger partial charge in [0.1, 0.15) is 11.6 Å². The van der Waals surface area contributed by atoms with Gasteiger partial charge >= 0.3 is 5.97 Å². The lowest BCUT2D eigenvalue weighted by Crippen LogP contribution is -2.44. The number of hydrogen-bond acceptors (Lipinski definition) is 4. The molecule has 0 saturated carbocycles. The zero-order valence-electron chi connectivity index (χ0n) is 15.2. The van der Waals surface area contributed by atoms with Crippen LogP contribution in [0, 0.1) is 13.8 Å². The van der Waals surface area contributed by atoms with Crippen LogP contribution in [0.15, 0.2) is 24.3 Å². The predicted molar refractivity (Wildman–Crippen MR) is 96.4 cm³/mol. The molecular formula is C19H24N4O3. The summed E-state index contributed by atoms with van der Waals surface area (Å²) in [4.78, 5) is 29.9. The van der Waals surface area contributed by atoms with Gasteiger partial charge in [-0.15, -0.1) is 0 Å². The van der Waals surface area contributed by atoms with Crippen LogP contribution in [-0.2, 0) is 4.79 Å². The van der Waals surface area contributed by atoms with Crippen molar-refractivity contribution in [2.75, 3.05) is 6.54 Å².